The molecule has 2 aliphatic carbocycles. The summed E-state index contributed by atoms with van der Waals surface area (Å²) in [5.41, 5.74) is 1.13. The Labute approximate surface area is 125 Å². The Morgan fingerprint density at radius 3 is 2.60 bits per heavy atom. The van der Waals surface area contributed by atoms with E-state index in [9.17, 15) is 4.79 Å². The highest BCUT2D eigenvalue weighted by atomic mass is 35.5. The number of hydrogen-bond acceptors (Lipinski definition) is 1. The smallest absolute Gasteiger partial charge is 0.223 e. The number of hydrogen-bond donors (Lipinski definition) is 1. The molecule has 0 saturated heterocycles. The molecule has 3 rings (SSSR count). The van der Waals surface area contributed by atoms with Gasteiger partial charge in [-0.1, -0.05) is 36.7 Å². The standard InChI is InChI=1S/C17H22ClNO/c1-11-6-8-12(9-7-11)19-17(20)15-10-14(15)13-4-2-3-5-16(13)18/h2-5,11-12,14-15H,6-10H2,1H3,(H,19,20). The van der Waals surface area contributed by atoms with Gasteiger partial charge in [0.1, 0.15) is 0 Å². The zero-order valence-corrected chi connectivity index (χ0v) is 12.7. The fraction of sp³-hybridized carbons (Fsp3) is 0.588. The van der Waals surface area contributed by atoms with Crippen LogP contribution in [-0.2, 0) is 4.79 Å². The zero-order chi connectivity index (χ0) is 14.1. The van der Waals surface area contributed by atoms with Crippen LogP contribution in [0.5, 0.6) is 0 Å². The minimum absolute atomic E-state index is 0.134. The first kappa shape index (κ1) is 13.9. The lowest BCUT2D eigenvalue weighted by Gasteiger charge is -2.27. The lowest BCUT2D eigenvalue weighted by molar-refractivity contribution is -0.123. The van der Waals surface area contributed by atoms with Gasteiger partial charge in [0.2, 0.25) is 5.91 Å². The normalized spacial score (nSPS) is 32.7. The predicted molar refractivity (Wildman–Crippen MR) is 81.9 cm³/mol. The number of carbonyl (C=O) groups excluding carboxylic acids is 1. The van der Waals surface area contributed by atoms with Gasteiger partial charge >= 0.3 is 0 Å². The summed E-state index contributed by atoms with van der Waals surface area (Å²) in [4.78, 5) is 12.3. The van der Waals surface area contributed by atoms with Crippen molar-refractivity contribution in [2.24, 2.45) is 11.8 Å². The second-order valence-electron chi connectivity index (χ2n) is 6.44. The molecule has 2 saturated carbocycles. The van der Waals surface area contributed by atoms with Crippen LogP contribution < -0.4 is 5.32 Å². The van der Waals surface area contributed by atoms with Gasteiger partial charge in [0.15, 0.2) is 0 Å². The second kappa shape index (κ2) is 5.77. The van der Waals surface area contributed by atoms with Crippen LogP contribution in [0.4, 0.5) is 0 Å². The van der Waals surface area contributed by atoms with Crippen LogP contribution in [0.15, 0.2) is 24.3 Å². The largest absolute Gasteiger partial charge is 0.353 e. The molecule has 108 valence electrons. The molecule has 3 heteroatoms. The third-order valence-corrected chi connectivity index (χ3v) is 5.14. The van der Waals surface area contributed by atoms with Crippen molar-refractivity contribution in [2.75, 3.05) is 0 Å². The summed E-state index contributed by atoms with van der Waals surface area (Å²) in [6.45, 7) is 2.30. The molecule has 0 aromatic heterocycles. The molecule has 2 aliphatic rings. The van der Waals surface area contributed by atoms with Gasteiger partial charge in [-0.15, -0.1) is 0 Å². The van der Waals surface area contributed by atoms with Gasteiger partial charge in [0.05, 0.1) is 0 Å². The van der Waals surface area contributed by atoms with Gasteiger partial charge in [-0.05, 0) is 55.6 Å². The van der Waals surface area contributed by atoms with Crippen molar-refractivity contribution in [3.8, 4) is 0 Å². The first-order chi connectivity index (χ1) is 9.65. The van der Waals surface area contributed by atoms with E-state index in [1.54, 1.807) is 0 Å². The molecule has 0 bridgehead atoms. The van der Waals surface area contributed by atoms with E-state index in [0.29, 0.717) is 12.0 Å². The topological polar surface area (TPSA) is 29.1 Å². The monoisotopic (exact) mass is 291 g/mol. The van der Waals surface area contributed by atoms with Crippen LogP contribution in [0.3, 0.4) is 0 Å². The van der Waals surface area contributed by atoms with Crippen LogP contribution >= 0.6 is 11.6 Å². The van der Waals surface area contributed by atoms with Crippen LogP contribution in [-0.4, -0.2) is 11.9 Å². The van der Waals surface area contributed by atoms with Gasteiger partial charge in [0.25, 0.3) is 0 Å². The molecule has 0 radical (unpaired) electrons. The molecular weight excluding hydrogens is 270 g/mol. The fourth-order valence-corrected chi connectivity index (χ4v) is 3.59. The van der Waals surface area contributed by atoms with Crippen molar-refractivity contribution in [1.82, 2.24) is 5.32 Å². The number of amides is 1. The Morgan fingerprint density at radius 1 is 1.20 bits per heavy atom. The molecule has 2 fully saturated rings. The van der Waals surface area contributed by atoms with E-state index in [2.05, 4.69) is 12.2 Å². The third kappa shape index (κ3) is 3.01. The zero-order valence-electron chi connectivity index (χ0n) is 11.9. The third-order valence-electron chi connectivity index (χ3n) is 4.79. The summed E-state index contributed by atoms with van der Waals surface area (Å²) in [5.74, 6) is 1.51. The summed E-state index contributed by atoms with van der Waals surface area (Å²) in [5, 5.41) is 4.03. The average Bonchev–Trinajstić information content (AvgIpc) is 3.22. The van der Waals surface area contributed by atoms with Gasteiger partial charge in [-0.25, -0.2) is 0 Å². The van der Waals surface area contributed by atoms with E-state index in [1.807, 2.05) is 24.3 Å². The second-order valence-corrected chi connectivity index (χ2v) is 6.84. The Kier molecular flexibility index (Phi) is 4.02. The lowest BCUT2D eigenvalue weighted by Crippen LogP contribution is -2.38. The summed E-state index contributed by atoms with van der Waals surface area (Å²) in [7, 11) is 0. The van der Waals surface area contributed by atoms with E-state index in [4.69, 9.17) is 11.6 Å². The summed E-state index contributed by atoms with van der Waals surface area (Å²) >= 11 is 6.21. The van der Waals surface area contributed by atoms with Gasteiger partial charge in [-0.2, -0.15) is 0 Å². The molecule has 1 aromatic carbocycles. The van der Waals surface area contributed by atoms with Crippen molar-refractivity contribution in [2.45, 2.75) is 51.0 Å². The van der Waals surface area contributed by atoms with Gasteiger partial charge < -0.3 is 5.32 Å². The number of halogens is 1. The highest BCUT2D eigenvalue weighted by Crippen LogP contribution is 2.49. The fourth-order valence-electron chi connectivity index (χ4n) is 3.32. The van der Waals surface area contributed by atoms with Crippen molar-refractivity contribution in [1.29, 1.82) is 0 Å². The molecule has 1 N–H and O–H groups in total. The highest BCUT2D eigenvalue weighted by Gasteiger charge is 2.45. The Morgan fingerprint density at radius 2 is 1.90 bits per heavy atom. The summed E-state index contributed by atoms with van der Waals surface area (Å²) in [6, 6.07) is 8.28. The van der Waals surface area contributed by atoms with Crippen molar-refractivity contribution < 1.29 is 4.79 Å². The first-order valence-electron chi connectivity index (χ1n) is 7.70. The van der Waals surface area contributed by atoms with Crippen molar-refractivity contribution >= 4 is 17.5 Å². The van der Waals surface area contributed by atoms with Crippen molar-refractivity contribution in [3.05, 3.63) is 34.9 Å². The van der Waals surface area contributed by atoms with Crippen molar-refractivity contribution in [3.63, 3.8) is 0 Å². The highest BCUT2D eigenvalue weighted by molar-refractivity contribution is 6.31. The summed E-state index contributed by atoms with van der Waals surface area (Å²) in [6.07, 6.45) is 5.69. The molecular formula is C17H22ClNO. The minimum atomic E-state index is 0.134. The molecule has 1 aromatic rings. The SMILES string of the molecule is CC1CCC(NC(=O)C2CC2c2ccccc2Cl)CC1. The molecule has 0 aliphatic heterocycles. The number of carbonyl (C=O) groups is 1. The Bertz CT molecular complexity index is 494. The maximum Gasteiger partial charge on any atom is 0.223 e. The van der Waals surface area contributed by atoms with Crippen LogP contribution in [0.1, 0.15) is 50.5 Å². The minimum Gasteiger partial charge on any atom is -0.353 e. The molecule has 2 atom stereocenters. The summed E-state index contributed by atoms with van der Waals surface area (Å²) < 4.78 is 0. The molecule has 2 nitrogen and oxygen atoms in total. The lowest BCUT2D eigenvalue weighted by atomic mass is 9.87. The van der Waals surface area contributed by atoms with E-state index in [1.165, 1.54) is 12.8 Å². The first-order valence-corrected chi connectivity index (χ1v) is 8.07. The van der Waals surface area contributed by atoms with E-state index >= 15 is 0 Å². The molecule has 20 heavy (non-hydrogen) atoms. The molecule has 1 amide bonds. The quantitative estimate of drug-likeness (QED) is 0.891. The van der Waals surface area contributed by atoms with Crippen LogP contribution in [0.2, 0.25) is 5.02 Å². The van der Waals surface area contributed by atoms with Gasteiger partial charge in [-0.3, -0.25) is 4.79 Å². The Balaban J connectivity index is 1.54. The van der Waals surface area contributed by atoms with E-state index in [0.717, 1.165) is 35.8 Å². The molecule has 0 spiro atoms. The number of benzene rings is 1. The van der Waals surface area contributed by atoms with Crippen LogP contribution in [0, 0.1) is 11.8 Å². The molecule has 2 unspecified atom stereocenters. The maximum absolute atomic E-state index is 12.3. The number of nitrogens with one attached hydrogen (secondary N) is 1. The maximum atomic E-state index is 12.3. The average molecular weight is 292 g/mol. The van der Waals surface area contributed by atoms with Crippen LogP contribution in [0.25, 0.3) is 0 Å². The number of rotatable bonds is 3. The van der Waals surface area contributed by atoms with E-state index < -0.39 is 0 Å². The van der Waals surface area contributed by atoms with E-state index in [-0.39, 0.29) is 11.8 Å². The predicted octanol–water partition coefficient (Wildman–Crippen LogP) is 4.14. The molecule has 0 heterocycles. The van der Waals surface area contributed by atoms with Gasteiger partial charge in [0, 0.05) is 17.0 Å². The Hall–Kier alpha value is -1.02.